The van der Waals surface area contributed by atoms with Crippen LogP contribution in [0.5, 0.6) is 0 Å². The van der Waals surface area contributed by atoms with Gasteiger partial charge in [-0.1, -0.05) is 11.6 Å². The largest absolute Gasteiger partial charge is 0.477 e. The minimum absolute atomic E-state index is 0.180. The van der Waals surface area contributed by atoms with E-state index in [0.717, 1.165) is 4.88 Å². The smallest absolute Gasteiger partial charge is 0.354 e. The Morgan fingerprint density at radius 3 is 2.93 bits per heavy atom. The van der Waals surface area contributed by atoms with Gasteiger partial charge in [-0.2, -0.15) is 5.10 Å². The van der Waals surface area contributed by atoms with E-state index in [-0.39, 0.29) is 5.69 Å². The molecular weight excluding hydrogens is 236 g/mol. The van der Waals surface area contributed by atoms with Gasteiger partial charge in [-0.05, 0) is 18.2 Å². The van der Waals surface area contributed by atoms with E-state index in [4.69, 9.17) is 16.7 Å². The Bertz CT molecular complexity index is 492. The Labute approximate surface area is 94.7 Å². The third-order valence-corrected chi connectivity index (χ3v) is 3.09. The van der Waals surface area contributed by atoms with Crippen molar-refractivity contribution in [1.82, 2.24) is 9.78 Å². The van der Waals surface area contributed by atoms with Gasteiger partial charge in [0.25, 0.3) is 0 Å². The third-order valence-electron chi connectivity index (χ3n) is 1.87. The van der Waals surface area contributed by atoms with Crippen LogP contribution in [-0.4, -0.2) is 20.9 Å². The number of thiophene rings is 1. The van der Waals surface area contributed by atoms with E-state index in [1.54, 1.807) is 6.07 Å². The predicted octanol–water partition coefficient (Wildman–Crippen LogP) is 2.34. The molecule has 0 unspecified atom stereocenters. The van der Waals surface area contributed by atoms with E-state index in [0.29, 0.717) is 10.9 Å². The van der Waals surface area contributed by atoms with E-state index in [9.17, 15) is 4.79 Å². The van der Waals surface area contributed by atoms with Crippen LogP contribution in [0.25, 0.3) is 0 Å². The van der Waals surface area contributed by atoms with Crippen molar-refractivity contribution >= 4 is 28.9 Å². The molecule has 6 heteroatoms. The second kappa shape index (κ2) is 4.04. The summed E-state index contributed by atoms with van der Waals surface area (Å²) < 4.78 is 2.12. The first-order valence-electron chi connectivity index (χ1n) is 4.16. The molecule has 2 aromatic heterocycles. The molecule has 1 N–H and O–H groups in total. The summed E-state index contributed by atoms with van der Waals surface area (Å²) in [5.41, 5.74) is 0.180. The molecule has 0 atom stereocenters. The summed E-state index contributed by atoms with van der Waals surface area (Å²) in [6.45, 7) is 0.437. The summed E-state index contributed by atoms with van der Waals surface area (Å²) in [5, 5.41) is 12.8. The maximum Gasteiger partial charge on any atom is 0.354 e. The Morgan fingerprint density at radius 1 is 1.53 bits per heavy atom. The molecule has 0 spiro atoms. The molecular formula is C9H7ClN2O2S. The minimum Gasteiger partial charge on any atom is -0.477 e. The monoisotopic (exact) mass is 242 g/mol. The van der Waals surface area contributed by atoms with Gasteiger partial charge in [0.05, 0.1) is 10.9 Å². The van der Waals surface area contributed by atoms with Crippen molar-refractivity contribution in [3.8, 4) is 0 Å². The van der Waals surface area contributed by atoms with Crippen molar-refractivity contribution in [3.05, 3.63) is 39.3 Å². The second-order valence-corrected chi connectivity index (χ2v) is 4.68. The first kappa shape index (κ1) is 10.2. The molecule has 0 aromatic carbocycles. The van der Waals surface area contributed by atoms with Gasteiger partial charge in [-0.25, -0.2) is 4.79 Å². The zero-order chi connectivity index (χ0) is 10.8. The van der Waals surface area contributed by atoms with Crippen LogP contribution in [0.3, 0.4) is 0 Å². The number of carboxylic acid groups (broad SMARTS) is 1. The number of hydrogen-bond acceptors (Lipinski definition) is 3. The lowest BCUT2D eigenvalue weighted by molar-refractivity contribution is 0.0684. The molecule has 0 aliphatic heterocycles. The summed E-state index contributed by atoms with van der Waals surface area (Å²) in [6.07, 6.45) is 1.47. The number of carbonyl (C=O) groups is 1. The van der Waals surface area contributed by atoms with Crippen LogP contribution in [-0.2, 0) is 6.54 Å². The zero-order valence-electron chi connectivity index (χ0n) is 7.55. The number of nitrogens with zero attached hydrogens (tertiary/aromatic N) is 2. The van der Waals surface area contributed by atoms with Gasteiger partial charge >= 0.3 is 5.97 Å². The Hall–Kier alpha value is -1.33. The number of rotatable bonds is 3. The molecule has 2 heterocycles. The quantitative estimate of drug-likeness (QED) is 0.899. The van der Waals surface area contributed by atoms with E-state index in [1.807, 2.05) is 6.07 Å². The van der Waals surface area contributed by atoms with Crippen LogP contribution in [0, 0.1) is 0 Å². The van der Waals surface area contributed by atoms with Crippen LogP contribution in [0.1, 0.15) is 15.4 Å². The lowest BCUT2D eigenvalue weighted by Crippen LogP contribution is -2.09. The van der Waals surface area contributed by atoms with E-state index in [1.165, 1.54) is 28.3 Å². The fraction of sp³-hybridized carbons (Fsp3) is 0.111. The molecule has 0 fully saturated rings. The van der Waals surface area contributed by atoms with E-state index in [2.05, 4.69) is 5.10 Å². The number of hydrogen-bond donors (Lipinski definition) is 1. The standard InChI is InChI=1S/C9H7ClN2O2S/c10-8-2-1-6(15-8)5-12-7(9(13)14)3-4-11-12/h1-4H,5H2,(H,13,14). The maximum atomic E-state index is 10.8. The summed E-state index contributed by atoms with van der Waals surface area (Å²) in [7, 11) is 0. The number of halogens is 1. The van der Waals surface area contributed by atoms with Gasteiger partial charge in [0.2, 0.25) is 0 Å². The van der Waals surface area contributed by atoms with Gasteiger partial charge in [-0.3, -0.25) is 4.68 Å². The summed E-state index contributed by atoms with van der Waals surface area (Å²) in [4.78, 5) is 11.8. The van der Waals surface area contributed by atoms with Crippen LogP contribution in [0.15, 0.2) is 24.4 Å². The van der Waals surface area contributed by atoms with Crippen LogP contribution >= 0.6 is 22.9 Å². The maximum absolute atomic E-state index is 10.8. The molecule has 15 heavy (non-hydrogen) atoms. The van der Waals surface area contributed by atoms with Crippen LogP contribution in [0.4, 0.5) is 0 Å². The topological polar surface area (TPSA) is 55.1 Å². The molecule has 0 aliphatic rings. The Kier molecular flexibility index (Phi) is 2.75. The highest BCUT2D eigenvalue weighted by molar-refractivity contribution is 7.16. The van der Waals surface area contributed by atoms with Crippen molar-refractivity contribution in [2.75, 3.05) is 0 Å². The molecule has 0 saturated heterocycles. The van der Waals surface area contributed by atoms with Crippen LogP contribution < -0.4 is 0 Å². The SMILES string of the molecule is O=C(O)c1ccnn1Cc1ccc(Cl)s1. The summed E-state index contributed by atoms with van der Waals surface area (Å²) in [5.74, 6) is -0.977. The van der Waals surface area contributed by atoms with Gasteiger partial charge in [-0.15, -0.1) is 11.3 Å². The molecule has 0 radical (unpaired) electrons. The highest BCUT2D eigenvalue weighted by Crippen LogP contribution is 2.22. The average Bonchev–Trinajstić information content (AvgIpc) is 2.75. The molecule has 0 amide bonds. The van der Waals surface area contributed by atoms with Gasteiger partial charge in [0.15, 0.2) is 0 Å². The Balaban J connectivity index is 2.24. The molecule has 0 saturated carbocycles. The molecule has 78 valence electrons. The first-order valence-corrected chi connectivity index (χ1v) is 5.35. The fourth-order valence-electron chi connectivity index (χ4n) is 1.22. The van der Waals surface area contributed by atoms with Gasteiger partial charge < -0.3 is 5.11 Å². The zero-order valence-corrected chi connectivity index (χ0v) is 9.13. The average molecular weight is 243 g/mol. The molecule has 0 bridgehead atoms. The molecule has 2 aromatic rings. The molecule has 2 rings (SSSR count). The van der Waals surface area contributed by atoms with Crippen molar-refractivity contribution in [2.24, 2.45) is 0 Å². The molecule has 0 aliphatic carbocycles. The van der Waals surface area contributed by atoms with Crippen molar-refractivity contribution in [1.29, 1.82) is 0 Å². The van der Waals surface area contributed by atoms with E-state index < -0.39 is 5.97 Å². The highest BCUT2D eigenvalue weighted by atomic mass is 35.5. The highest BCUT2D eigenvalue weighted by Gasteiger charge is 2.10. The molecule has 4 nitrogen and oxygen atoms in total. The first-order chi connectivity index (χ1) is 7.16. The minimum atomic E-state index is -0.977. The van der Waals surface area contributed by atoms with Crippen LogP contribution in [0.2, 0.25) is 4.34 Å². The lowest BCUT2D eigenvalue weighted by atomic mass is 10.4. The summed E-state index contributed by atoms with van der Waals surface area (Å²) in [6, 6.07) is 5.11. The number of aromatic nitrogens is 2. The van der Waals surface area contributed by atoms with Gasteiger partial charge in [0, 0.05) is 11.1 Å². The van der Waals surface area contributed by atoms with Crippen molar-refractivity contribution in [2.45, 2.75) is 6.54 Å². The second-order valence-electron chi connectivity index (χ2n) is 2.89. The fourth-order valence-corrected chi connectivity index (χ4v) is 2.29. The van der Waals surface area contributed by atoms with Crippen molar-refractivity contribution < 1.29 is 9.90 Å². The van der Waals surface area contributed by atoms with Gasteiger partial charge in [0.1, 0.15) is 5.69 Å². The lowest BCUT2D eigenvalue weighted by Gasteiger charge is -2.01. The predicted molar refractivity (Wildman–Crippen MR) is 57.6 cm³/mol. The number of aromatic carboxylic acids is 1. The Morgan fingerprint density at radius 2 is 2.33 bits per heavy atom. The normalized spacial score (nSPS) is 10.5. The van der Waals surface area contributed by atoms with E-state index >= 15 is 0 Å². The van der Waals surface area contributed by atoms with Crippen molar-refractivity contribution in [3.63, 3.8) is 0 Å². The number of carboxylic acids is 1. The summed E-state index contributed by atoms with van der Waals surface area (Å²) >= 11 is 7.19. The third kappa shape index (κ3) is 2.19.